The third kappa shape index (κ3) is 6.65. The molecule has 0 bridgehead atoms. The number of hydrogen-bond donors (Lipinski definition) is 3. The highest BCUT2D eigenvalue weighted by Crippen LogP contribution is 2.21. The van der Waals surface area contributed by atoms with Crippen LogP contribution in [-0.4, -0.2) is 30.3 Å². The first-order chi connectivity index (χ1) is 12.8. The lowest BCUT2D eigenvalue weighted by Gasteiger charge is -2.09. The quantitative estimate of drug-likeness (QED) is 0.480. The summed E-state index contributed by atoms with van der Waals surface area (Å²) in [6, 6.07) is 5.78. The molecule has 0 aliphatic heterocycles. The molecular formula is C19H24N2O6. The van der Waals surface area contributed by atoms with E-state index in [0.29, 0.717) is 30.5 Å². The summed E-state index contributed by atoms with van der Waals surface area (Å²) in [4.78, 5) is 35.0. The van der Waals surface area contributed by atoms with Gasteiger partial charge in [-0.1, -0.05) is 13.8 Å². The maximum Gasteiger partial charge on any atom is 0.407 e. The van der Waals surface area contributed by atoms with Gasteiger partial charge >= 0.3 is 11.7 Å². The molecule has 2 amide bonds. The van der Waals surface area contributed by atoms with Gasteiger partial charge in [0.1, 0.15) is 11.3 Å². The Balaban J connectivity index is 1.78. The Hall–Kier alpha value is -3.03. The number of phenols is 1. The molecule has 2 rings (SSSR count). The molecule has 0 aliphatic carbocycles. The van der Waals surface area contributed by atoms with Gasteiger partial charge in [-0.05, 0) is 30.0 Å². The van der Waals surface area contributed by atoms with E-state index in [0.717, 1.165) is 0 Å². The maximum atomic E-state index is 12.0. The van der Waals surface area contributed by atoms with Gasteiger partial charge < -0.3 is 24.9 Å². The molecule has 0 aliphatic rings. The molecule has 0 radical (unpaired) electrons. The van der Waals surface area contributed by atoms with E-state index >= 15 is 0 Å². The number of aromatic hydroxyl groups is 1. The average Bonchev–Trinajstić information content (AvgIpc) is 2.61. The van der Waals surface area contributed by atoms with Crippen LogP contribution in [0, 0.1) is 5.92 Å². The van der Waals surface area contributed by atoms with Crippen LogP contribution in [-0.2, 0) is 16.1 Å². The second-order valence-electron chi connectivity index (χ2n) is 6.57. The van der Waals surface area contributed by atoms with E-state index in [9.17, 15) is 19.5 Å². The molecule has 8 heteroatoms. The van der Waals surface area contributed by atoms with Crippen molar-refractivity contribution in [2.75, 3.05) is 13.2 Å². The molecule has 0 unspecified atom stereocenters. The molecule has 0 fully saturated rings. The zero-order valence-corrected chi connectivity index (χ0v) is 15.4. The van der Waals surface area contributed by atoms with E-state index < -0.39 is 11.7 Å². The zero-order valence-electron chi connectivity index (χ0n) is 15.4. The molecule has 1 aromatic carbocycles. The first-order valence-corrected chi connectivity index (χ1v) is 8.78. The first-order valence-electron chi connectivity index (χ1n) is 8.78. The SMILES string of the molecule is CC(C)COC(=O)NCCCC(=O)NCc1cc(=O)oc2cc(O)ccc12. The standard InChI is InChI=1S/C19H24N2O6/c1-12(2)11-26-19(25)20-7-3-4-17(23)21-10-13-8-18(24)27-16-9-14(22)5-6-15(13)16/h5-6,8-9,12,22H,3-4,7,10-11H2,1-2H3,(H,20,25)(H,21,23). The van der Waals surface area contributed by atoms with E-state index in [-0.39, 0.29) is 36.1 Å². The molecule has 3 N–H and O–H groups in total. The molecule has 146 valence electrons. The summed E-state index contributed by atoms with van der Waals surface area (Å²) in [6.45, 7) is 4.74. The number of alkyl carbamates (subject to hydrolysis) is 1. The van der Waals surface area contributed by atoms with Crippen molar-refractivity contribution in [2.24, 2.45) is 5.92 Å². The Morgan fingerprint density at radius 1 is 1.22 bits per heavy atom. The van der Waals surface area contributed by atoms with Crippen molar-refractivity contribution in [3.63, 3.8) is 0 Å². The number of nitrogens with one attached hydrogen (secondary N) is 2. The van der Waals surface area contributed by atoms with Crippen LogP contribution < -0.4 is 16.3 Å². The fourth-order valence-corrected chi connectivity index (χ4v) is 2.38. The summed E-state index contributed by atoms with van der Waals surface area (Å²) in [5, 5.41) is 15.4. The Morgan fingerprint density at radius 2 is 2.00 bits per heavy atom. The fraction of sp³-hybridized carbons (Fsp3) is 0.421. The predicted octanol–water partition coefficient (Wildman–Crippen LogP) is 2.28. The molecule has 2 aromatic rings. The van der Waals surface area contributed by atoms with E-state index in [4.69, 9.17) is 9.15 Å². The number of phenolic OH excluding ortho intramolecular Hbond substituents is 1. The number of ether oxygens (including phenoxy) is 1. The van der Waals surface area contributed by atoms with Gasteiger partial charge in [0, 0.05) is 37.0 Å². The fourth-order valence-electron chi connectivity index (χ4n) is 2.38. The second kappa shape index (κ2) is 9.61. The van der Waals surface area contributed by atoms with Crippen molar-refractivity contribution in [3.05, 3.63) is 40.2 Å². The van der Waals surface area contributed by atoms with E-state index in [1.54, 1.807) is 6.07 Å². The predicted molar refractivity (Wildman–Crippen MR) is 99.4 cm³/mol. The van der Waals surface area contributed by atoms with Crippen molar-refractivity contribution < 1.29 is 23.8 Å². The molecule has 0 saturated carbocycles. The van der Waals surface area contributed by atoms with Crippen LogP contribution in [0.5, 0.6) is 5.75 Å². The molecule has 0 atom stereocenters. The van der Waals surface area contributed by atoms with Crippen LogP contribution in [0.2, 0.25) is 0 Å². The lowest BCUT2D eigenvalue weighted by Crippen LogP contribution is -2.28. The number of amides is 2. The van der Waals surface area contributed by atoms with E-state index in [2.05, 4.69) is 10.6 Å². The number of rotatable bonds is 8. The van der Waals surface area contributed by atoms with Gasteiger partial charge in [0.15, 0.2) is 0 Å². The molecule has 0 saturated heterocycles. The van der Waals surface area contributed by atoms with Gasteiger partial charge in [-0.15, -0.1) is 0 Å². The number of benzene rings is 1. The van der Waals surface area contributed by atoms with Crippen LogP contribution in [0.1, 0.15) is 32.3 Å². The number of carbonyl (C=O) groups excluding carboxylic acids is 2. The van der Waals surface area contributed by atoms with Crippen molar-refractivity contribution in [1.82, 2.24) is 10.6 Å². The van der Waals surface area contributed by atoms with Crippen LogP contribution in [0.4, 0.5) is 4.79 Å². The zero-order chi connectivity index (χ0) is 19.8. The third-order valence-electron chi connectivity index (χ3n) is 3.69. The van der Waals surface area contributed by atoms with Crippen molar-refractivity contribution in [1.29, 1.82) is 0 Å². The van der Waals surface area contributed by atoms with Gasteiger partial charge in [0.05, 0.1) is 6.61 Å². The van der Waals surface area contributed by atoms with Crippen LogP contribution in [0.25, 0.3) is 11.0 Å². The third-order valence-corrected chi connectivity index (χ3v) is 3.69. The molecule has 8 nitrogen and oxygen atoms in total. The number of carbonyl (C=O) groups is 2. The highest BCUT2D eigenvalue weighted by Gasteiger charge is 2.09. The highest BCUT2D eigenvalue weighted by atomic mass is 16.5. The largest absolute Gasteiger partial charge is 0.508 e. The Morgan fingerprint density at radius 3 is 2.74 bits per heavy atom. The van der Waals surface area contributed by atoms with E-state index in [1.165, 1.54) is 18.2 Å². The summed E-state index contributed by atoms with van der Waals surface area (Å²) >= 11 is 0. The van der Waals surface area contributed by atoms with Crippen molar-refractivity contribution in [3.8, 4) is 5.75 Å². The van der Waals surface area contributed by atoms with Gasteiger partial charge in [-0.25, -0.2) is 9.59 Å². The lowest BCUT2D eigenvalue weighted by atomic mass is 10.1. The highest BCUT2D eigenvalue weighted by molar-refractivity contribution is 5.82. The van der Waals surface area contributed by atoms with Crippen LogP contribution in [0.15, 0.2) is 33.5 Å². The van der Waals surface area contributed by atoms with Gasteiger partial charge in [0.2, 0.25) is 5.91 Å². The average molecular weight is 376 g/mol. The van der Waals surface area contributed by atoms with Gasteiger partial charge in [-0.3, -0.25) is 4.79 Å². The number of fused-ring (bicyclic) bond motifs is 1. The molecule has 1 aromatic heterocycles. The smallest absolute Gasteiger partial charge is 0.407 e. The Kier molecular flexibility index (Phi) is 7.22. The normalized spacial score (nSPS) is 10.8. The summed E-state index contributed by atoms with van der Waals surface area (Å²) in [5.41, 5.74) is 0.308. The minimum absolute atomic E-state index is 0.00810. The topological polar surface area (TPSA) is 118 Å². The Labute approximate surface area is 156 Å². The monoisotopic (exact) mass is 376 g/mol. The minimum Gasteiger partial charge on any atom is -0.508 e. The van der Waals surface area contributed by atoms with Crippen LogP contribution in [0.3, 0.4) is 0 Å². The summed E-state index contributed by atoms with van der Waals surface area (Å²) in [7, 11) is 0. The summed E-state index contributed by atoms with van der Waals surface area (Å²) in [5.74, 6) is 0.0563. The second-order valence-corrected chi connectivity index (χ2v) is 6.57. The lowest BCUT2D eigenvalue weighted by molar-refractivity contribution is -0.121. The van der Waals surface area contributed by atoms with Gasteiger partial charge in [0.25, 0.3) is 0 Å². The molecule has 0 spiro atoms. The van der Waals surface area contributed by atoms with Crippen molar-refractivity contribution in [2.45, 2.75) is 33.2 Å². The number of hydrogen-bond acceptors (Lipinski definition) is 6. The van der Waals surface area contributed by atoms with Crippen LogP contribution >= 0.6 is 0 Å². The molecule has 27 heavy (non-hydrogen) atoms. The Bertz CT molecular complexity index is 859. The minimum atomic E-state index is -0.554. The maximum absolute atomic E-state index is 12.0. The summed E-state index contributed by atoms with van der Waals surface area (Å²) in [6.07, 6.45) is 0.202. The summed E-state index contributed by atoms with van der Waals surface area (Å²) < 4.78 is 10.0. The molecule has 1 heterocycles. The van der Waals surface area contributed by atoms with Crippen molar-refractivity contribution >= 4 is 23.0 Å². The molecular weight excluding hydrogens is 352 g/mol. The first kappa shape index (κ1) is 20.3. The van der Waals surface area contributed by atoms with Gasteiger partial charge in [-0.2, -0.15) is 0 Å². The van der Waals surface area contributed by atoms with E-state index in [1.807, 2.05) is 13.8 Å².